The van der Waals surface area contributed by atoms with Gasteiger partial charge in [-0.05, 0) is 31.2 Å². The molecule has 1 unspecified atom stereocenters. The van der Waals surface area contributed by atoms with E-state index in [1.165, 1.54) is 4.90 Å². The third-order valence-electron chi connectivity index (χ3n) is 3.25. The van der Waals surface area contributed by atoms with Crippen molar-refractivity contribution >= 4 is 23.5 Å². The maximum atomic E-state index is 11.8. The summed E-state index contributed by atoms with van der Waals surface area (Å²) < 4.78 is 0. The van der Waals surface area contributed by atoms with Gasteiger partial charge in [0.05, 0.1) is 5.92 Å². The summed E-state index contributed by atoms with van der Waals surface area (Å²) >= 11 is 0. The lowest BCUT2D eigenvalue weighted by Crippen LogP contribution is -2.26. The number of rotatable bonds is 4. The molecule has 2 rings (SSSR count). The highest BCUT2D eigenvalue weighted by Crippen LogP contribution is 2.25. The molecule has 1 aliphatic heterocycles. The molecule has 1 aromatic rings. The molecule has 6 heteroatoms. The fourth-order valence-corrected chi connectivity index (χ4v) is 2.18. The largest absolute Gasteiger partial charge is 0.481 e. The molecule has 0 aliphatic carbocycles. The van der Waals surface area contributed by atoms with Gasteiger partial charge >= 0.3 is 5.97 Å². The third-order valence-corrected chi connectivity index (χ3v) is 3.25. The second kappa shape index (κ2) is 5.73. The van der Waals surface area contributed by atoms with Gasteiger partial charge in [0, 0.05) is 30.8 Å². The maximum Gasteiger partial charge on any atom is 0.308 e. The maximum absolute atomic E-state index is 11.8. The quantitative estimate of drug-likeness (QED) is 0.854. The van der Waals surface area contributed by atoms with E-state index in [2.05, 4.69) is 5.32 Å². The highest BCUT2D eigenvalue weighted by molar-refractivity contribution is 6.00. The van der Waals surface area contributed by atoms with Gasteiger partial charge in [-0.25, -0.2) is 0 Å². The number of aliphatic carboxylic acids is 1. The summed E-state index contributed by atoms with van der Waals surface area (Å²) in [6.07, 6.45) is 0.0212. The van der Waals surface area contributed by atoms with Gasteiger partial charge in [0.15, 0.2) is 0 Å². The Morgan fingerprint density at radius 1 is 1.35 bits per heavy atom. The van der Waals surface area contributed by atoms with Crippen LogP contribution in [-0.4, -0.2) is 36.0 Å². The van der Waals surface area contributed by atoms with Crippen LogP contribution in [0.4, 0.5) is 5.69 Å². The van der Waals surface area contributed by atoms with Crippen LogP contribution >= 0.6 is 0 Å². The van der Waals surface area contributed by atoms with E-state index in [-0.39, 0.29) is 24.8 Å². The minimum atomic E-state index is -0.959. The van der Waals surface area contributed by atoms with E-state index in [4.69, 9.17) is 5.11 Å². The lowest BCUT2D eigenvalue weighted by molar-refractivity contribution is -0.141. The molecule has 1 aliphatic rings. The zero-order chi connectivity index (χ0) is 14.7. The topological polar surface area (TPSA) is 86.7 Å². The summed E-state index contributed by atoms with van der Waals surface area (Å²) in [6, 6.07) is 6.57. The first-order chi connectivity index (χ1) is 9.52. The summed E-state index contributed by atoms with van der Waals surface area (Å²) in [5.74, 6) is -2.00. The van der Waals surface area contributed by atoms with Gasteiger partial charge in [-0.2, -0.15) is 0 Å². The van der Waals surface area contributed by atoms with Crippen LogP contribution in [0.15, 0.2) is 24.3 Å². The van der Waals surface area contributed by atoms with E-state index in [0.29, 0.717) is 17.8 Å². The van der Waals surface area contributed by atoms with Crippen LogP contribution in [0.2, 0.25) is 0 Å². The van der Waals surface area contributed by atoms with Gasteiger partial charge in [0.2, 0.25) is 5.91 Å². The summed E-state index contributed by atoms with van der Waals surface area (Å²) in [6.45, 7) is 2.56. The number of carbonyl (C=O) groups excluding carboxylic acids is 2. The number of amides is 2. The van der Waals surface area contributed by atoms with Crippen molar-refractivity contribution in [2.75, 3.05) is 18.0 Å². The molecule has 1 aromatic carbocycles. The first-order valence-electron chi connectivity index (χ1n) is 6.44. The molecule has 2 N–H and O–H groups in total. The molecule has 1 heterocycles. The number of carbonyl (C=O) groups is 3. The first-order valence-corrected chi connectivity index (χ1v) is 6.44. The van der Waals surface area contributed by atoms with Gasteiger partial charge in [0.25, 0.3) is 5.91 Å². The van der Waals surface area contributed by atoms with Gasteiger partial charge in [-0.15, -0.1) is 0 Å². The summed E-state index contributed by atoms with van der Waals surface area (Å²) in [5.41, 5.74) is 1.13. The highest BCUT2D eigenvalue weighted by atomic mass is 16.4. The van der Waals surface area contributed by atoms with Crippen molar-refractivity contribution in [2.45, 2.75) is 13.3 Å². The van der Waals surface area contributed by atoms with Crippen LogP contribution in [0.3, 0.4) is 0 Å². The summed E-state index contributed by atoms with van der Waals surface area (Å²) in [7, 11) is 0. The normalized spacial score (nSPS) is 18.1. The molecule has 1 fully saturated rings. The van der Waals surface area contributed by atoms with Gasteiger partial charge in [0.1, 0.15) is 0 Å². The number of nitrogens with zero attached hydrogens (tertiary/aromatic N) is 1. The van der Waals surface area contributed by atoms with Crippen molar-refractivity contribution in [3.05, 3.63) is 29.8 Å². The average molecular weight is 276 g/mol. The Labute approximate surface area is 116 Å². The second-order valence-electron chi connectivity index (χ2n) is 4.65. The monoisotopic (exact) mass is 276 g/mol. The molecule has 0 bridgehead atoms. The Morgan fingerprint density at radius 2 is 2.00 bits per heavy atom. The smallest absolute Gasteiger partial charge is 0.308 e. The Kier molecular flexibility index (Phi) is 4.02. The molecule has 6 nitrogen and oxygen atoms in total. The van der Waals surface area contributed by atoms with Crippen molar-refractivity contribution < 1.29 is 19.5 Å². The second-order valence-corrected chi connectivity index (χ2v) is 4.65. The first kappa shape index (κ1) is 14.0. The zero-order valence-corrected chi connectivity index (χ0v) is 11.1. The van der Waals surface area contributed by atoms with Crippen LogP contribution in [0.1, 0.15) is 23.7 Å². The van der Waals surface area contributed by atoms with E-state index >= 15 is 0 Å². The lowest BCUT2D eigenvalue weighted by Gasteiger charge is -2.16. The van der Waals surface area contributed by atoms with Crippen LogP contribution in [0.25, 0.3) is 0 Å². The highest BCUT2D eigenvalue weighted by Gasteiger charge is 2.34. The van der Waals surface area contributed by atoms with Crippen LogP contribution in [0.5, 0.6) is 0 Å². The molecule has 0 radical (unpaired) electrons. The molecule has 0 saturated carbocycles. The van der Waals surface area contributed by atoms with E-state index in [1.54, 1.807) is 24.3 Å². The molecule has 1 atom stereocenters. The van der Waals surface area contributed by atoms with Crippen molar-refractivity contribution in [1.29, 1.82) is 0 Å². The predicted molar refractivity (Wildman–Crippen MR) is 72.5 cm³/mol. The minimum absolute atomic E-state index is 0.0212. The summed E-state index contributed by atoms with van der Waals surface area (Å²) in [5, 5.41) is 11.6. The number of hydrogen-bond donors (Lipinski definition) is 2. The fourth-order valence-electron chi connectivity index (χ4n) is 2.18. The number of hydrogen-bond acceptors (Lipinski definition) is 3. The standard InChI is InChI=1S/C14H16N2O4/c1-2-15-13(18)9-3-5-11(6-4-9)16-8-10(14(19)20)7-12(16)17/h3-6,10H,2,7-8H2,1H3,(H,15,18)(H,19,20). The summed E-state index contributed by atoms with van der Waals surface area (Å²) in [4.78, 5) is 35.8. The molecule has 106 valence electrons. The fraction of sp³-hybridized carbons (Fsp3) is 0.357. The van der Waals surface area contributed by atoms with Gasteiger partial charge in [-0.1, -0.05) is 0 Å². The molecule has 2 amide bonds. The molecular weight excluding hydrogens is 260 g/mol. The Morgan fingerprint density at radius 3 is 2.50 bits per heavy atom. The molecule has 1 saturated heterocycles. The third kappa shape index (κ3) is 2.79. The van der Waals surface area contributed by atoms with Crippen molar-refractivity contribution in [1.82, 2.24) is 5.32 Å². The van der Waals surface area contributed by atoms with Gasteiger partial charge < -0.3 is 15.3 Å². The number of nitrogens with one attached hydrogen (secondary N) is 1. The molecular formula is C14H16N2O4. The van der Waals surface area contributed by atoms with E-state index < -0.39 is 11.9 Å². The SMILES string of the molecule is CCNC(=O)c1ccc(N2CC(C(=O)O)CC2=O)cc1. The van der Waals surface area contributed by atoms with E-state index in [9.17, 15) is 14.4 Å². The molecule has 20 heavy (non-hydrogen) atoms. The minimum Gasteiger partial charge on any atom is -0.481 e. The predicted octanol–water partition coefficient (Wildman–Crippen LogP) is 0.874. The van der Waals surface area contributed by atoms with Crippen molar-refractivity contribution in [2.24, 2.45) is 5.92 Å². The average Bonchev–Trinajstić information content (AvgIpc) is 2.81. The van der Waals surface area contributed by atoms with Crippen LogP contribution < -0.4 is 10.2 Å². The number of benzene rings is 1. The molecule has 0 aromatic heterocycles. The van der Waals surface area contributed by atoms with Gasteiger partial charge in [-0.3, -0.25) is 14.4 Å². The van der Waals surface area contributed by atoms with Crippen molar-refractivity contribution in [3.63, 3.8) is 0 Å². The van der Waals surface area contributed by atoms with E-state index in [1.807, 2.05) is 6.92 Å². The molecule has 0 spiro atoms. The Balaban J connectivity index is 2.12. The number of anilines is 1. The number of carboxylic acids is 1. The zero-order valence-electron chi connectivity index (χ0n) is 11.1. The Hall–Kier alpha value is -2.37. The Bertz CT molecular complexity index is 539. The van der Waals surface area contributed by atoms with Crippen LogP contribution in [-0.2, 0) is 9.59 Å². The van der Waals surface area contributed by atoms with Crippen LogP contribution in [0, 0.1) is 5.92 Å². The number of carboxylic acid groups (broad SMARTS) is 1. The van der Waals surface area contributed by atoms with E-state index in [0.717, 1.165) is 0 Å². The van der Waals surface area contributed by atoms with Crippen molar-refractivity contribution in [3.8, 4) is 0 Å². The lowest BCUT2D eigenvalue weighted by atomic mass is 10.1.